The fourth-order valence-electron chi connectivity index (χ4n) is 3.29. The summed E-state index contributed by atoms with van der Waals surface area (Å²) < 4.78 is 6.22. The van der Waals surface area contributed by atoms with Crippen LogP contribution in [0.2, 0.25) is 0 Å². The number of rotatable bonds is 4. The summed E-state index contributed by atoms with van der Waals surface area (Å²) in [5.74, 6) is -0.286. The quantitative estimate of drug-likeness (QED) is 0.676. The Balaban J connectivity index is 1.74. The molecule has 162 valence electrons. The first-order valence-corrected chi connectivity index (χ1v) is 11.5. The van der Waals surface area contributed by atoms with Crippen molar-refractivity contribution in [2.24, 2.45) is 0 Å². The van der Waals surface area contributed by atoms with Gasteiger partial charge in [-0.2, -0.15) is 0 Å². The third kappa shape index (κ3) is 5.48. The number of pyridine rings is 1. The van der Waals surface area contributed by atoms with Crippen LogP contribution in [-0.2, 0) is 4.74 Å². The molecule has 1 aliphatic heterocycles. The monoisotopic (exact) mass is 495 g/mol. The summed E-state index contributed by atoms with van der Waals surface area (Å²) in [7, 11) is 0. The largest absolute Gasteiger partial charge is 0.444 e. The molecule has 10 heteroatoms. The smallest absolute Gasteiger partial charge is 0.410 e. The normalized spacial score (nSPS) is 17.0. The van der Waals surface area contributed by atoms with E-state index in [2.05, 4.69) is 43.0 Å². The maximum absolute atomic E-state index is 12.6. The topological polar surface area (TPSA) is 87.7 Å². The molecule has 1 N–H and O–H groups in total. The minimum atomic E-state index is -0.528. The number of amides is 2. The summed E-state index contributed by atoms with van der Waals surface area (Å²) in [5, 5.41) is 4.61. The predicted molar refractivity (Wildman–Crippen MR) is 121 cm³/mol. The zero-order valence-corrected chi connectivity index (χ0v) is 19.9. The van der Waals surface area contributed by atoms with E-state index in [0.29, 0.717) is 34.9 Å². The minimum absolute atomic E-state index is 0.0137. The van der Waals surface area contributed by atoms with Gasteiger partial charge < -0.3 is 19.9 Å². The first-order chi connectivity index (χ1) is 14.2. The second-order valence-electron chi connectivity index (χ2n) is 8.01. The number of halogens is 1. The summed E-state index contributed by atoms with van der Waals surface area (Å²) >= 11 is 4.63. The molecule has 0 radical (unpaired) electrons. The fraction of sp³-hybridized carbons (Fsp3) is 0.500. The molecule has 8 nitrogen and oxygen atoms in total. The lowest BCUT2D eigenvalue weighted by molar-refractivity contribution is 0.0137. The second kappa shape index (κ2) is 9.30. The second-order valence-corrected chi connectivity index (χ2v) is 10.1. The molecule has 0 aromatic carbocycles. The van der Waals surface area contributed by atoms with E-state index in [-0.39, 0.29) is 18.0 Å². The van der Waals surface area contributed by atoms with Gasteiger partial charge in [-0.25, -0.2) is 9.78 Å². The van der Waals surface area contributed by atoms with Gasteiger partial charge in [-0.15, -0.1) is 11.3 Å². The molecule has 2 amide bonds. The maximum Gasteiger partial charge on any atom is 0.410 e. The number of ether oxygens (including phenoxy) is 1. The van der Waals surface area contributed by atoms with Gasteiger partial charge in [0.25, 0.3) is 5.91 Å². The van der Waals surface area contributed by atoms with E-state index in [0.717, 1.165) is 12.1 Å². The summed E-state index contributed by atoms with van der Waals surface area (Å²) in [4.78, 5) is 37.5. The van der Waals surface area contributed by atoms with E-state index < -0.39 is 5.60 Å². The van der Waals surface area contributed by atoms with Crippen molar-refractivity contribution in [2.45, 2.75) is 45.8 Å². The summed E-state index contributed by atoms with van der Waals surface area (Å²) in [5.41, 5.74) is 1.31. The van der Waals surface area contributed by atoms with Gasteiger partial charge in [0.1, 0.15) is 11.3 Å². The van der Waals surface area contributed by atoms with Crippen LogP contribution in [0, 0.1) is 0 Å². The fourth-order valence-corrected chi connectivity index (χ4v) is 4.28. The molecule has 0 bridgehead atoms. The summed E-state index contributed by atoms with van der Waals surface area (Å²) in [6, 6.07) is 1.89. The number of piperazine rings is 1. The summed E-state index contributed by atoms with van der Waals surface area (Å²) in [6.45, 7) is 9.48. The molecule has 1 atom stereocenters. The van der Waals surface area contributed by atoms with Crippen LogP contribution < -0.4 is 10.2 Å². The van der Waals surface area contributed by atoms with E-state index in [9.17, 15) is 9.59 Å². The van der Waals surface area contributed by atoms with Crippen molar-refractivity contribution in [1.82, 2.24) is 14.9 Å². The molecule has 2 aromatic heterocycles. The van der Waals surface area contributed by atoms with Gasteiger partial charge >= 0.3 is 6.09 Å². The Hall–Kier alpha value is -2.20. The van der Waals surface area contributed by atoms with Crippen LogP contribution >= 0.6 is 27.3 Å². The minimum Gasteiger partial charge on any atom is -0.444 e. The lowest BCUT2D eigenvalue weighted by atomic mass is 10.1. The van der Waals surface area contributed by atoms with Crippen LogP contribution in [0.3, 0.4) is 0 Å². The van der Waals surface area contributed by atoms with Crippen LogP contribution in [0.25, 0.3) is 0 Å². The third-order valence-electron chi connectivity index (χ3n) is 4.68. The predicted octanol–water partition coefficient (Wildman–Crippen LogP) is 4.39. The van der Waals surface area contributed by atoms with Gasteiger partial charge in [-0.1, -0.05) is 6.92 Å². The Kier molecular flexibility index (Phi) is 6.97. The average molecular weight is 496 g/mol. The van der Waals surface area contributed by atoms with E-state index >= 15 is 0 Å². The van der Waals surface area contributed by atoms with Crippen molar-refractivity contribution in [3.8, 4) is 0 Å². The third-order valence-corrected chi connectivity index (χ3v) is 6.04. The Morgan fingerprint density at radius 3 is 2.77 bits per heavy atom. The van der Waals surface area contributed by atoms with Crippen molar-refractivity contribution in [2.75, 3.05) is 29.9 Å². The van der Waals surface area contributed by atoms with Crippen LogP contribution in [0.4, 0.5) is 16.2 Å². The number of hydrogen-bond donors (Lipinski definition) is 1. The molecular formula is C20H26BrN5O3S. The van der Waals surface area contributed by atoms with Crippen LogP contribution in [0.1, 0.15) is 44.6 Å². The highest BCUT2D eigenvalue weighted by atomic mass is 79.9. The number of nitrogens with zero attached hydrogens (tertiary/aromatic N) is 4. The number of anilines is 2. The number of carbonyl (C=O) groups excluding carboxylic acids is 2. The van der Waals surface area contributed by atoms with Gasteiger partial charge in [-0.05, 0) is 49.2 Å². The highest BCUT2D eigenvalue weighted by Gasteiger charge is 2.33. The number of nitrogens with one attached hydrogen (secondary N) is 1. The van der Waals surface area contributed by atoms with Gasteiger partial charge in [-0.3, -0.25) is 9.78 Å². The molecule has 0 saturated carbocycles. The molecule has 0 spiro atoms. The molecule has 1 saturated heterocycles. The van der Waals surface area contributed by atoms with Gasteiger partial charge in [0, 0.05) is 31.2 Å². The number of hydrogen-bond acceptors (Lipinski definition) is 7. The number of aromatic nitrogens is 2. The van der Waals surface area contributed by atoms with Crippen molar-refractivity contribution in [1.29, 1.82) is 0 Å². The van der Waals surface area contributed by atoms with Gasteiger partial charge in [0.2, 0.25) is 0 Å². The standard InChI is InChI=1S/C20H26BrN5O3S/c1-5-13-11-25(8-9-26(13)19(28)29-20(2,3)4)16-6-7-22-10-14(16)23-17(27)15-12-30-18(21)24-15/h6-7,10,12-13H,5,8-9,11H2,1-4H3,(H,23,27)/t13-/m0/s1. The molecule has 3 rings (SSSR count). The Labute approximate surface area is 188 Å². The summed E-state index contributed by atoms with van der Waals surface area (Å²) in [6.07, 6.45) is 3.85. The number of thiazole rings is 1. The maximum atomic E-state index is 12.6. The van der Waals surface area contributed by atoms with Crippen molar-refractivity contribution in [3.63, 3.8) is 0 Å². The van der Waals surface area contributed by atoms with E-state index in [1.807, 2.05) is 26.8 Å². The van der Waals surface area contributed by atoms with Crippen molar-refractivity contribution in [3.05, 3.63) is 33.5 Å². The molecule has 0 unspecified atom stereocenters. The first kappa shape index (κ1) is 22.5. The molecular weight excluding hydrogens is 470 g/mol. The van der Waals surface area contributed by atoms with Crippen LogP contribution in [0.5, 0.6) is 0 Å². The van der Waals surface area contributed by atoms with Crippen LogP contribution in [-0.4, -0.2) is 58.1 Å². The lowest BCUT2D eigenvalue weighted by Gasteiger charge is -2.42. The highest BCUT2D eigenvalue weighted by Crippen LogP contribution is 2.29. The van der Waals surface area contributed by atoms with Crippen LogP contribution in [0.15, 0.2) is 27.8 Å². The first-order valence-electron chi connectivity index (χ1n) is 9.79. The molecule has 2 aromatic rings. The van der Waals surface area contributed by atoms with Crippen molar-refractivity contribution < 1.29 is 14.3 Å². The van der Waals surface area contributed by atoms with Crippen molar-refractivity contribution >= 4 is 50.6 Å². The molecule has 3 heterocycles. The molecule has 30 heavy (non-hydrogen) atoms. The SMILES string of the molecule is CC[C@H]1CN(c2ccncc2NC(=O)c2csc(Br)n2)CCN1C(=O)OC(C)(C)C. The highest BCUT2D eigenvalue weighted by molar-refractivity contribution is 9.11. The molecule has 1 aliphatic rings. The zero-order valence-electron chi connectivity index (χ0n) is 17.5. The lowest BCUT2D eigenvalue weighted by Crippen LogP contribution is -2.56. The average Bonchev–Trinajstić information content (AvgIpc) is 3.13. The zero-order chi connectivity index (χ0) is 21.9. The molecule has 0 aliphatic carbocycles. The van der Waals surface area contributed by atoms with E-state index in [4.69, 9.17) is 4.74 Å². The van der Waals surface area contributed by atoms with E-state index in [1.165, 1.54) is 11.3 Å². The molecule has 1 fully saturated rings. The van der Waals surface area contributed by atoms with Gasteiger partial charge in [0.05, 0.1) is 23.6 Å². The Bertz CT molecular complexity index is 914. The Morgan fingerprint density at radius 2 is 2.13 bits per heavy atom. The Morgan fingerprint density at radius 1 is 1.37 bits per heavy atom. The van der Waals surface area contributed by atoms with Gasteiger partial charge in [0.15, 0.2) is 3.92 Å². The van der Waals surface area contributed by atoms with E-state index in [1.54, 1.807) is 22.7 Å². The number of carbonyl (C=O) groups is 2.